The minimum absolute atomic E-state index is 0.137. The zero-order chi connectivity index (χ0) is 47.9. The lowest BCUT2D eigenvalue weighted by molar-refractivity contribution is 0.417. The smallest absolute Gasteiger partial charge is 0.148 e. The van der Waals surface area contributed by atoms with Crippen LogP contribution in [0.25, 0.3) is 10.8 Å². The number of nitrogens with one attached hydrogen (secondary N) is 1. The topological polar surface area (TPSA) is 92.4 Å². The van der Waals surface area contributed by atoms with Crippen LogP contribution in [0.3, 0.4) is 0 Å². The third-order valence-corrected chi connectivity index (χ3v) is 17.6. The summed E-state index contributed by atoms with van der Waals surface area (Å²) >= 11 is 0. The van der Waals surface area contributed by atoms with E-state index in [2.05, 4.69) is 15.8 Å². The van der Waals surface area contributed by atoms with E-state index in [1.54, 1.807) is 6.20 Å². The molecule has 0 radical (unpaired) electrons. The molecule has 2 fully saturated rings. The van der Waals surface area contributed by atoms with Gasteiger partial charge >= 0.3 is 0 Å². The molecule has 68 heavy (non-hydrogen) atoms. The molecule has 0 bridgehead atoms. The molecule has 6 nitrogen and oxygen atoms in total. The van der Waals surface area contributed by atoms with Crippen molar-refractivity contribution in [1.29, 1.82) is 5.26 Å². The van der Waals surface area contributed by atoms with E-state index in [1.807, 2.05) is 28.6 Å². The Morgan fingerprint density at radius 1 is 0.441 bits per heavy atom. The van der Waals surface area contributed by atoms with Crippen LogP contribution < -0.4 is 9.03 Å². The van der Waals surface area contributed by atoms with Gasteiger partial charge in [-0.2, -0.15) is 5.26 Å². The van der Waals surface area contributed by atoms with Crippen LogP contribution in [-0.2, 0) is 0 Å². The van der Waals surface area contributed by atoms with Crippen molar-refractivity contribution in [3.8, 4) is 6.07 Å². The first-order valence-corrected chi connectivity index (χ1v) is 31.6. The average Bonchev–Trinajstić information content (AvgIpc) is 4.12. The molecule has 2 aliphatic rings. The van der Waals surface area contributed by atoms with Gasteiger partial charge in [-0.15, -0.1) is 0 Å². The maximum Gasteiger partial charge on any atom is 0.148 e. The van der Waals surface area contributed by atoms with E-state index in [0.29, 0.717) is 18.8 Å². The number of hydrogen-bond donors (Lipinski definition) is 3. The summed E-state index contributed by atoms with van der Waals surface area (Å²) in [6, 6.07) is 10.0. The first kappa shape index (κ1) is 58.7. The Morgan fingerprint density at radius 2 is 0.765 bits per heavy atom. The van der Waals surface area contributed by atoms with E-state index in [9.17, 15) is 14.4 Å². The molecule has 1 spiro atoms. The molecular formula is C61H108N4O2S. The van der Waals surface area contributed by atoms with Crippen molar-refractivity contribution in [3.63, 3.8) is 0 Å². The molecular weight excluding hydrogens is 853 g/mol. The van der Waals surface area contributed by atoms with Crippen molar-refractivity contribution >= 4 is 27.4 Å². The minimum Gasteiger partial charge on any atom is -0.269 e. The van der Waals surface area contributed by atoms with Gasteiger partial charge in [-0.05, 0) is 60.7 Å². The number of anilines is 1. The molecule has 1 saturated carbocycles. The van der Waals surface area contributed by atoms with Crippen LogP contribution in [0.2, 0.25) is 0 Å². The molecule has 2 aromatic rings. The fourth-order valence-electron chi connectivity index (χ4n) is 11.2. The van der Waals surface area contributed by atoms with E-state index in [4.69, 9.17) is 0 Å². The van der Waals surface area contributed by atoms with Crippen molar-refractivity contribution in [2.45, 2.75) is 308 Å². The van der Waals surface area contributed by atoms with Gasteiger partial charge in [-0.3, -0.25) is 13.4 Å². The number of nitrogens with zero attached hydrogens (tertiary/aromatic N) is 3. The van der Waals surface area contributed by atoms with Gasteiger partial charge in [0.25, 0.3) is 0 Å². The van der Waals surface area contributed by atoms with E-state index < -0.39 is 11.0 Å². The number of pyridine rings is 1. The van der Waals surface area contributed by atoms with Crippen LogP contribution in [0.5, 0.6) is 0 Å². The van der Waals surface area contributed by atoms with Gasteiger partial charge in [0.2, 0.25) is 0 Å². The molecule has 0 atom stereocenters. The highest BCUT2D eigenvalue weighted by Crippen LogP contribution is 2.55. The Balaban J connectivity index is 1.14. The van der Waals surface area contributed by atoms with Crippen LogP contribution in [0.4, 0.5) is 5.69 Å². The normalized spacial score (nSPS) is 23.8. The number of benzene rings is 1. The minimum atomic E-state index is -3.24. The second kappa shape index (κ2) is 38.8. The molecule has 0 unspecified atom stereocenters. The predicted molar refractivity (Wildman–Crippen MR) is 299 cm³/mol. The highest BCUT2D eigenvalue weighted by Gasteiger charge is 2.45. The van der Waals surface area contributed by atoms with Gasteiger partial charge in [0, 0.05) is 24.7 Å². The Bertz CT molecular complexity index is 1540. The van der Waals surface area contributed by atoms with E-state index in [-0.39, 0.29) is 5.41 Å². The van der Waals surface area contributed by atoms with Gasteiger partial charge in [-0.25, -0.2) is 9.71 Å². The first-order valence-electron chi connectivity index (χ1n) is 30.1. The van der Waals surface area contributed by atoms with Crippen LogP contribution in [0.1, 0.15) is 314 Å². The standard InChI is InChI=1S/C61H108N4O2S/c62-55-60-59-47-46-58(54-57(59)48-53-63-60)65-56-61(50-51-61)49-44-42-40-38-36-34-32-30-28-26-24-22-20-18-16-14-12-10-8-6-4-2-1-3-5-7-9-11-13-15-17-19-21-23-25-27-29-31-33-35-37-39-41-43-45-52-64-68(65,66)67/h46-48,53-54,64,66-67H,1-45,49-52,56H2. The second-order valence-electron chi connectivity index (χ2n) is 22.3. The van der Waals surface area contributed by atoms with Crippen molar-refractivity contribution in [3.05, 3.63) is 36.2 Å². The quantitative estimate of drug-likeness (QED) is 0.264. The zero-order valence-corrected chi connectivity index (χ0v) is 45.2. The van der Waals surface area contributed by atoms with E-state index in [0.717, 1.165) is 48.6 Å². The fraction of sp³-hybridized carbons (Fsp3) is 0.836. The van der Waals surface area contributed by atoms with Gasteiger partial charge in [0.1, 0.15) is 11.8 Å². The molecule has 0 amide bonds. The molecule has 1 aliphatic heterocycles. The molecule has 1 aliphatic carbocycles. The lowest BCUT2D eigenvalue weighted by Gasteiger charge is -2.46. The fourth-order valence-corrected chi connectivity index (χ4v) is 12.7. The SMILES string of the molecule is N#Cc1nccc2cc(N3CC4(CCCCCCCCCCCCCCCCCCCCCCCCCCCCCCCCCCCCCCCCCCCCCCCNS3(O)O)CC4)ccc12. The van der Waals surface area contributed by atoms with Gasteiger partial charge in [0.15, 0.2) is 0 Å². The second-order valence-corrected chi connectivity index (χ2v) is 24.1. The number of aromatic nitrogens is 1. The zero-order valence-electron chi connectivity index (χ0n) is 44.4. The molecule has 1 saturated heterocycles. The van der Waals surface area contributed by atoms with E-state index in [1.165, 1.54) is 276 Å². The molecule has 390 valence electrons. The lowest BCUT2D eigenvalue weighted by Crippen LogP contribution is -2.40. The largest absolute Gasteiger partial charge is 0.269 e. The highest BCUT2D eigenvalue weighted by atomic mass is 32.3. The third-order valence-electron chi connectivity index (χ3n) is 16.1. The molecule has 4 rings (SSSR count). The highest BCUT2D eigenvalue weighted by molar-refractivity contribution is 8.23. The van der Waals surface area contributed by atoms with Crippen LogP contribution in [-0.4, -0.2) is 27.2 Å². The number of rotatable bonds is 1. The van der Waals surface area contributed by atoms with Crippen molar-refractivity contribution in [1.82, 2.24) is 9.71 Å². The first-order chi connectivity index (χ1) is 33.5. The Morgan fingerprint density at radius 3 is 1.09 bits per heavy atom. The summed E-state index contributed by atoms with van der Waals surface area (Å²) in [7, 11) is -3.24. The Kier molecular flexibility index (Phi) is 33.5. The summed E-state index contributed by atoms with van der Waals surface area (Å²) in [5.74, 6) is 0. The predicted octanol–water partition coefficient (Wildman–Crippen LogP) is 20.8. The maximum atomic E-state index is 11.8. The van der Waals surface area contributed by atoms with Crippen molar-refractivity contribution < 1.29 is 9.11 Å². The van der Waals surface area contributed by atoms with Gasteiger partial charge < -0.3 is 0 Å². The number of hydrogen-bond acceptors (Lipinski definition) is 6. The lowest BCUT2D eigenvalue weighted by atomic mass is 9.97. The van der Waals surface area contributed by atoms with Crippen LogP contribution in [0.15, 0.2) is 30.5 Å². The third kappa shape index (κ3) is 27.7. The molecule has 1 aromatic carbocycles. The molecule has 3 N–H and O–H groups in total. The van der Waals surface area contributed by atoms with Gasteiger partial charge in [-0.1, -0.05) is 293 Å². The van der Waals surface area contributed by atoms with Crippen LogP contribution in [0, 0.1) is 16.7 Å². The summed E-state index contributed by atoms with van der Waals surface area (Å²) in [5.41, 5.74) is 1.35. The summed E-state index contributed by atoms with van der Waals surface area (Å²) in [4.78, 5) is 4.26. The summed E-state index contributed by atoms with van der Waals surface area (Å²) in [6.07, 6.45) is 68.1. The number of fused-ring (bicyclic) bond motifs is 1. The average molecular weight is 962 g/mol. The molecule has 7 heteroatoms. The summed E-state index contributed by atoms with van der Waals surface area (Å²) in [6.45, 7) is 1.24. The van der Waals surface area contributed by atoms with Crippen LogP contribution >= 0.6 is 11.0 Å². The van der Waals surface area contributed by atoms with Crippen molar-refractivity contribution in [2.75, 3.05) is 17.4 Å². The Hall–Kier alpha value is -1.85. The Labute approximate surface area is 422 Å². The maximum absolute atomic E-state index is 11.8. The van der Waals surface area contributed by atoms with Gasteiger partial charge in [0.05, 0.1) is 5.69 Å². The number of nitriles is 1. The molecule has 2 heterocycles. The van der Waals surface area contributed by atoms with E-state index >= 15 is 0 Å². The summed E-state index contributed by atoms with van der Waals surface area (Å²) in [5, 5.41) is 11.4. The molecule has 1 aromatic heterocycles. The monoisotopic (exact) mass is 961 g/mol. The summed E-state index contributed by atoms with van der Waals surface area (Å²) < 4.78 is 28.7. The van der Waals surface area contributed by atoms with Crippen molar-refractivity contribution in [2.24, 2.45) is 5.41 Å².